The Morgan fingerprint density at radius 1 is 0.711 bits per heavy atom. The minimum atomic E-state index is -4.12. The third-order valence-corrected chi connectivity index (χ3v) is 24.2. The maximum absolute atomic E-state index is 8.04. The summed E-state index contributed by atoms with van der Waals surface area (Å²) in [5.74, 6) is 0.905. The van der Waals surface area contributed by atoms with Gasteiger partial charge in [0.05, 0.1) is 0 Å². The monoisotopic (exact) mass is 728 g/mol. The molecule has 0 saturated heterocycles. The van der Waals surface area contributed by atoms with Crippen LogP contribution in [0.4, 0.5) is 0 Å². The molecule has 0 saturated carbocycles. The molecular weight excluding hydrogens is 683 g/mol. The third kappa shape index (κ3) is 5.86. The van der Waals surface area contributed by atoms with Crippen LogP contribution in [0.2, 0.25) is 0 Å². The SMILES string of the molecule is CC(C)c1cc(-c2c(C(C)(C)C)ccc3c2C=C(C(C)(C)C)[CH]3[Zr]([Cl])([Cl])[c]2cccc3c2[SiH2]c2ccccc2-3)cc(C(C)C)c1. The molecule has 4 aromatic rings. The second kappa shape index (κ2) is 11.8. The normalized spacial score (nSPS) is 16.8. The van der Waals surface area contributed by atoms with Crippen LogP contribution in [0.25, 0.3) is 28.3 Å². The first-order valence-corrected chi connectivity index (χ1v) is 27.0. The summed E-state index contributed by atoms with van der Waals surface area (Å²) in [5.41, 5.74) is 13.6. The molecule has 4 heteroatoms. The molecular formula is C41H48Cl2SiZr. The van der Waals surface area contributed by atoms with Gasteiger partial charge in [0.25, 0.3) is 0 Å². The van der Waals surface area contributed by atoms with Crippen LogP contribution in [0.1, 0.15) is 113 Å². The van der Waals surface area contributed by atoms with Crippen molar-refractivity contribution in [1.82, 2.24) is 0 Å². The van der Waals surface area contributed by atoms with Gasteiger partial charge >= 0.3 is 288 Å². The Hall–Kier alpha value is -1.70. The van der Waals surface area contributed by atoms with Crippen molar-refractivity contribution in [2.75, 3.05) is 0 Å². The summed E-state index contributed by atoms with van der Waals surface area (Å²) in [5, 5.41) is 3.00. The molecule has 2 aliphatic rings. The first-order valence-electron chi connectivity index (χ1n) is 16.6. The van der Waals surface area contributed by atoms with E-state index >= 15 is 0 Å². The molecule has 6 rings (SSSR count). The Morgan fingerprint density at radius 2 is 1.33 bits per heavy atom. The van der Waals surface area contributed by atoms with Crippen molar-refractivity contribution in [3.05, 3.63) is 106 Å². The van der Waals surface area contributed by atoms with Crippen LogP contribution in [0.5, 0.6) is 0 Å². The summed E-state index contributed by atoms with van der Waals surface area (Å²) in [6.07, 6.45) is 2.51. The van der Waals surface area contributed by atoms with Crippen molar-refractivity contribution in [2.24, 2.45) is 5.41 Å². The first-order chi connectivity index (χ1) is 21.0. The third-order valence-electron chi connectivity index (χ3n) is 10.0. The summed E-state index contributed by atoms with van der Waals surface area (Å²) < 4.78 is 1.35. The molecule has 0 radical (unpaired) electrons. The summed E-state index contributed by atoms with van der Waals surface area (Å²) in [6.45, 7) is 23.3. The van der Waals surface area contributed by atoms with E-state index in [9.17, 15) is 0 Å². The molecule has 0 nitrogen and oxygen atoms in total. The number of halogens is 2. The second-order valence-corrected chi connectivity index (χ2v) is 31.8. The van der Waals surface area contributed by atoms with E-state index in [0.29, 0.717) is 11.8 Å². The fourth-order valence-electron chi connectivity index (χ4n) is 7.54. The molecule has 0 spiro atoms. The number of benzene rings is 4. The molecule has 1 unspecified atom stereocenters. The summed E-state index contributed by atoms with van der Waals surface area (Å²) in [4.78, 5) is 0. The Morgan fingerprint density at radius 3 is 1.93 bits per heavy atom. The van der Waals surface area contributed by atoms with Crippen LogP contribution in [-0.2, 0) is 23.3 Å². The fraction of sp³-hybridized carbons (Fsp3) is 0.366. The van der Waals surface area contributed by atoms with Crippen molar-refractivity contribution >= 4 is 46.3 Å². The first kappa shape index (κ1) is 33.2. The Balaban J connectivity index is 1.62. The van der Waals surface area contributed by atoms with E-state index in [1.165, 1.54) is 69.3 Å². The van der Waals surface area contributed by atoms with Crippen LogP contribution in [-0.4, -0.2) is 9.52 Å². The predicted octanol–water partition coefficient (Wildman–Crippen LogP) is 10.3. The van der Waals surface area contributed by atoms with Crippen LogP contribution in [0.3, 0.4) is 0 Å². The van der Waals surface area contributed by atoms with Gasteiger partial charge in [-0.05, 0) is 0 Å². The van der Waals surface area contributed by atoms with Crippen LogP contribution in [0, 0.1) is 5.41 Å². The number of rotatable bonds is 5. The van der Waals surface area contributed by atoms with E-state index in [1.807, 2.05) is 0 Å². The Kier molecular flexibility index (Phi) is 8.69. The molecule has 0 aromatic heterocycles. The molecule has 1 heterocycles. The molecule has 1 atom stereocenters. The maximum atomic E-state index is 8.04. The molecule has 1 aliphatic heterocycles. The van der Waals surface area contributed by atoms with Gasteiger partial charge in [-0.15, -0.1) is 0 Å². The van der Waals surface area contributed by atoms with Crippen LogP contribution in [0.15, 0.2) is 78.4 Å². The topological polar surface area (TPSA) is 0 Å². The Labute approximate surface area is 286 Å². The summed E-state index contributed by atoms with van der Waals surface area (Å²) in [6, 6.07) is 27.8. The number of hydrogen-bond acceptors (Lipinski definition) is 0. The summed E-state index contributed by atoms with van der Waals surface area (Å²) in [7, 11) is 15.4. The van der Waals surface area contributed by atoms with Gasteiger partial charge in [0, 0.05) is 0 Å². The standard InChI is InChI=1S/C29H39.C12H9Si.2ClH.Zr/c1-18(2)21-13-22(19(3)4)15-23(14-21)27-25-17-24(28(5,6)7)16-20(25)11-12-26(27)29(8,9)10;1-3-7-11-9(5-1)10-6-2-4-8-12(10)13-11;;;/h11-19H,1-10H3;1-7H,13H2;2*1H;/q;;;;+2/p-2. The van der Waals surface area contributed by atoms with Crippen molar-refractivity contribution in [3.63, 3.8) is 0 Å². The minimum absolute atomic E-state index is 0.0239. The molecule has 1 aliphatic carbocycles. The average Bonchev–Trinajstić information content (AvgIpc) is 3.55. The van der Waals surface area contributed by atoms with E-state index in [4.69, 9.17) is 17.0 Å². The van der Waals surface area contributed by atoms with Gasteiger partial charge in [-0.2, -0.15) is 0 Å². The van der Waals surface area contributed by atoms with E-state index in [-0.39, 0.29) is 14.5 Å². The second-order valence-electron chi connectivity index (χ2n) is 16.0. The van der Waals surface area contributed by atoms with E-state index in [1.54, 1.807) is 0 Å². The molecule has 0 bridgehead atoms. The zero-order valence-electron chi connectivity index (χ0n) is 28.7. The molecule has 0 N–H and O–H groups in total. The zero-order chi connectivity index (χ0) is 32.6. The number of fused-ring (bicyclic) bond motifs is 4. The van der Waals surface area contributed by atoms with Crippen molar-refractivity contribution in [1.29, 1.82) is 0 Å². The zero-order valence-corrected chi connectivity index (χ0v) is 34.1. The van der Waals surface area contributed by atoms with Gasteiger partial charge < -0.3 is 0 Å². The molecule has 234 valence electrons. The van der Waals surface area contributed by atoms with Crippen molar-refractivity contribution in [2.45, 2.75) is 90.1 Å². The van der Waals surface area contributed by atoms with Crippen LogP contribution >= 0.6 is 17.0 Å². The van der Waals surface area contributed by atoms with Gasteiger partial charge in [0.2, 0.25) is 0 Å². The number of allylic oxidation sites excluding steroid dienone is 1. The van der Waals surface area contributed by atoms with E-state index in [0.717, 1.165) is 0 Å². The Bertz CT molecular complexity index is 1810. The van der Waals surface area contributed by atoms with Gasteiger partial charge in [0.15, 0.2) is 0 Å². The molecule has 45 heavy (non-hydrogen) atoms. The van der Waals surface area contributed by atoms with Gasteiger partial charge in [-0.3, -0.25) is 0 Å². The van der Waals surface area contributed by atoms with Gasteiger partial charge in [0.1, 0.15) is 0 Å². The predicted molar refractivity (Wildman–Crippen MR) is 200 cm³/mol. The van der Waals surface area contributed by atoms with Crippen molar-refractivity contribution < 1.29 is 17.9 Å². The van der Waals surface area contributed by atoms with Crippen molar-refractivity contribution in [3.8, 4) is 22.3 Å². The van der Waals surface area contributed by atoms with Gasteiger partial charge in [-0.1, -0.05) is 0 Å². The molecule has 0 amide bonds. The quantitative estimate of drug-likeness (QED) is 0.158. The fourth-order valence-corrected chi connectivity index (χ4v) is 24.7. The number of hydrogen-bond donors (Lipinski definition) is 0. The molecule has 4 aromatic carbocycles. The average molecular weight is 731 g/mol. The van der Waals surface area contributed by atoms with E-state index in [2.05, 4.69) is 148 Å². The van der Waals surface area contributed by atoms with Gasteiger partial charge in [-0.25, -0.2) is 0 Å². The van der Waals surface area contributed by atoms with E-state index < -0.39 is 27.4 Å². The molecule has 0 fully saturated rings. The van der Waals surface area contributed by atoms with Crippen LogP contribution < -0.4 is 13.6 Å². The summed E-state index contributed by atoms with van der Waals surface area (Å²) >= 11 is -4.12.